The molecule has 2 aromatic heterocycles. The van der Waals surface area contributed by atoms with Crippen LogP contribution in [0.25, 0.3) is 11.6 Å². The molecule has 2 rings (SSSR count). The van der Waals surface area contributed by atoms with E-state index in [1.54, 1.807) is 6.20 Å². The molecule has 0 saturated heterocycles. The highest BCUT2D eigenvalue weighted by atomic mass is 35.5. The summed E-state index contributed by atoms with van der Waals surface area (Å²) in [6, 6.07) is 3.82. The van der Waals surface area contributed by atoms with Crippen molar-refractivity contribution in [2.24, 2.45) is 0 Å². The molecule has 0 saturated carbocycles. The SMILES string of the molecule is CCC(Cl)c1noc(-c2ncccc2C)n1. The summed E-state index contributed by atoms with van der Waals surface area (Å²) in [4.78, 5) is 8.45. The van der Waals surface area contributed by atoms with E-state index in [9.17, 15) is 0 Å². The smallest absolute Gasteiger partial charge is 0.276 e. The van der Waals surface area contributed by atoms with Crippen LogP contribution in [0.4, 0.5) is 0 Å². The predicted octanol–water partition coefficient (Wildman–Crippen LogP) is 3.13. The summed E-state index contributed by atoms with van der Waals surface area (Å²) in [6.07, 6.45) is 2.46. The van der Waals surface area contributed by atoms with Gasteiger partial charge in [0.1, 0.15) is 5.69 Å². The highest BCUT2D eigenvalue weighted by molar-refractivity contribution is 6.20. The topological polar surface area (TPSA) is 51.8 Å². The van der Waals surface area contributed by atoms with Crippen molar-refractivity contribution in [1.29, 1.82) is 0 Å². The van der Waals surface area contributed by atoms with Crippen LogP contribution in [-0.4, -0.2) is 15.1 Å². The third-order valence-corrected chi connectivity index (χ3v) is 2.80. The van der Waals surface area contributed by atoms with Gasteiger partial charge in [-0.1, -0.05) is 18.1 Å². The number of hydrogen-bond acceptors (Lipinski definition) is 4. The minimum atomic E-state index is -0.207. The summed E-state index contributed by atoms with van der Waals surface area (Å²) in [5, 5.41) is 3.64. The summed E-state index contributed by atoms with van der Waals surface area (Å²) >= 11 is 6.03. The Hall–Kier alpha value is -1.42. The van der Waals surface area contributed by atoms with Crippen molar-refractivity contribution in [3.05, 3.63) is 29.7 Å². The van der Waals surface area contributed by atoms with Crippen LogP contribution >= 0.6 is 11.6 Å². The molecule has 5 heteroatoms. The van der Waals surface area contributed by atoms with Crippen molar-refractivity contribution in [1.82, 2.24) is 15.1 Å². The van der Waals surface area contributed by atoms with Gasteiger partial charge in [0.05, 0.1) is 5.38 Å². The quantitative estimate of drug-likeness (QED) is 0.770. The lowest BCUT2D eigenvalue weighted by Crippen LogP contribution is -1.92. The van der Waals surface area contributed by atoms with E-state index in [1.807, 2.05) is 26.0 Å². The van der Waals surface area contributed by atoms with Gasteiger partial charge >= 0.3 is 0 Å². The van der Waals surface area contributed by atoms with Crippen LogP contribution in [0, 0.1) is 6.92 Å². The third kappa shape index (κ3) is 2.07. The lowest BCUT2D eigenvalue weighted by atomic mass is 10.2. The van der Waals surface area contributed by atoms with Gasteiger partial charge in [-0.05, 0) is 25.0 Å². The number of nitrogens with zero attached hydrogens (tertiary/aromatic N) is 3. The molecule has 0 aliphatic carbocycles. The minimum absolute atomic E-state index is 0.207. The number of alkyl halides is 1. The summed E-state index contributed by atoms with van der Waals surface area (Å²) in [6.45, 7) is 3.92. The molecule has 0 radical (unpaired) electrons. The molecule has 2 heterocycles. The zero-order valence-corrected chi connectivity index (χ0v) is 9.90. The fourth-order valence-corrected chi connectivity index (χ4v) is 1.44. The molecular formula is C11H12ClN3O. The van der Waals surface area contributed by atoms with Crippen LogP contribution in [-0.2, 0) is 0 Å². The van der Waals surface area contributed by atoms with Gasteiger partial charge in [0, 0.05) is 6.20 Å². The Balaban J connectivity index is 2.35. The minimum Gasteiger partial charge on any atom is -0.332 e. The molecule has 84 valence electrons. The number of pyridine rings is 1. The molecule has 4 nitrogen and oxygen atoms in total. The average Bonchev–Trinajstić information content (AvgIpc) is 2.78. The van der Waals surface area contributed by atoms with Gasteiger partial charge in [-0.3, -0.25) is 4.98 Å². The molecule has 1 atom stereocenters. The summed E-state index contributed by atoms with van der Waals surface area (Å²) in [5.41, 5.74) is 1.71. The van der Waals surface area contributed by atoms with Gasteiger partial charge in [-0.15, -0.1) is 11.6 Å². The summed E-state index contributed by atoms with van der Waals surface area (Å²) in [7, 11) is 0. The van der Waals surface area contributed by atoms with Gasteiger partial charge < -0.3 is 4.52 Å². The van der Waals surface area contributed by atoms with Crippen LogP contribution in [0.15, 0.2) is 22.9 Å². The van der Waals surface area contributed by atoms with Crippen molar-refractivity contribution in [2.75, 3.05) is 0 Å². The largest absolute Gasteiger partial charge is 0.332 e. The monoisotopic (exact) mass is 237 g/mol. The van der Waals surface area contributed by atoms with Crippen molar-refractivity contribution in [2.45, 2.75) is 25.6 Å². The maximum atomic E-state index is 6.03. The van der Waals surface area contributed by atoms with E-state index in [2.05, 4.69) is 15.1 Å². The fourth-order valence-electron chi connectivity index (χ4n) is 1.35. The molecular weight excluding hydrogens is 226 g/mol. The lowest BCUT2D eigenvalue weighted by molar-refractivity contribution is 0.420. The normalized spacial score (nSPS) is 12.7. The van der Waals surface area contributed by atoms with E-state index < -0.39 is 0 Å². The lowest BCUT2D eigenvalue weighted by Gasteiger charge is -1.98. The molecule has 0 bridgehead atoms. The number of halogens is 1. The molecule has 0 aromatic carbocycles. The van der Waals surface area contributed by atoms with Crippen molar-refractivity contribution in [3.63, 3.8) is 0 Å². The van der Waals surface area contributed by atoms with Gasteiger partial charge in [-0.2, -0.15) is 4.98 Å². The van der Waals surface area contributed by atoms with Crippen molar-refractivity contribution < 1.29 is 4.52 Å². The first kappa shape index (κ1) is 11.1. The second-order valence-corrected chi connectivity index (χ2v) is 4.03. The maximum absolute atomic E-state index is 6.03. The van der Waals surface area contributed by atoms with E-state index in [4.69, 9.17) is 16.1 Å². The van der Waals surface area contributed by atoms with Crippen molar-refractivity contribution in [3.8, 4) is 11.6 Å². The van der Waals surface area contributed by atoms with Gasteiger partial charge in [-0.25, -0.2) is 0 Å². The molecule has 2 aromatic rings. The first-order chi connectivity index (χ1) is 7.72. The van der Waals surface area contributed by atoms with Crippen LogP contribution in [0.3, 0.4) is 0 Å². The number of aromatic nitrogens is 3. The van der Waals surface area contributed by atoms with Crippen LogP contribution < -0.4 is 0 Å². The molecule has 1 unspecified atom stereocenters. The van der Waals surface area contributed by atoms with Gasteiger partial charge in [0.25, 0.3) is 5.89 Å². The van der Waals surface area contributed by atoms with E-state index in [0.29, 0.717) is 17.4 Å². The highest BCUT2D eigenvalue weighted by Crippen LogP contribution is 2.24. The zero-order chi connectivity index (χ0) is 11.5. The first-order valence-corrected chi connectivity index (χ1v) is 5.55. The van der Waals surface area contributed by atoms with E-state index >= 15 is 0 Å². The zero-order valence-electron chi connectivity index (χ0n) is 9.14. The second kappa shape index (κ2) is 4.61. The Morgan fingerprint density at radius 2 is 2.31 bits per heavy atom. The fraction of sp³-hybridized carbons (Fsp3) is 0.364. The Bertz CT molecular complexity index is 484. The molecule has 0 aliphatic heterocycles. The number of aryl methyl sites for hydroxylation is 1. The van der Waals surface area contributed by atoms with E-state index in [-0.39, 0.29) is 5.38 Å². The molecule has 0 spiro atoms. The third-order valence-electron chi connectivity index (χ3n) is 2.29. The van der Waals surface area contributed by atoms with E-state index in [0.717, 1.165) is 12.0 Å². The van der Waals surface area contributed by atoms with E-state index in [1.165, 1.54) is 0 Å². The van der Waals surface area contributed by atoms with Crippen LogP contribution in [0.1, 0.15) is 30.1 Å². The molecule has 16 heavy (non-hydrogen) atoms. The standard InChI is InChI=1S/C11H12ClN3O/c1-3-8(12)10-14-11(16-15-10)9-7(2)5-4-6-13-9/h4-6,8H,3H2,1-2H3. The van der Waals surface area contributed by atoms with Crippen LogP contribution in [0.5, 0.6) is 0 Å². The first-order valence-electron chi connectivity index (χ1n) is 5.12. The summed E-state index contributed by atoms with van der Waals surface area (Å²) in [5.74, 6) is 0.941. The molecule has 0 aliphatic rings. The van der Waals surface area contributed by atoms with Gasteiger partial charge in [0.15, 0.2) is 5.82 Å². The molecule has 0 fully saturated rings. The Labute approximate surface area is 98.7 Å². The number of rotatable bonds is 3. The van der Waals surface area contributed by atoms with Crippen molar-refractivity contribution >= 4 is 11.6 Å². The van der Waals surface area contributed by atoms with Gasteiger partial charge in [0.2, 0.25) is 0 Å². The maximum Gasteiger partial charge on any atom is 0.276 e. The Kier molecular flexibility index (Phi) is 3.19. The Morgan fingerprint density at radius 1 is 1.50 bits per heavy atom. The summed E-state index contributed by atoms with van der Waals surface area (Å²) < 4.78 is 5.15. The average molecular weight is 238 g/mol. The van der Waals surface area contributed by atoms with Crippen LogP contribution in [0.2, 0.25) is 0 Å². The predicted molar refractivity (Wildman–Crippen MR) is 61.2 cm³/mol. The highest BCUT2D eigenvalue weighted by Gasteiger charge is 2.16. The second-order valence-electron chi connectivity index (χ2n) is 3.50. The molecule has 0 N–H and O–H groups in total. The molecule has 0 amide bonds. The number of hydrogen-bond donors (Lipinski definition) is 0. The Morgan fingerprint density at radius 3 is 3.00 bits per heavy atom.